The van der Waals surface area contributed by atoms with Gasteiger partial charge in [0.2, 0.25) is 0 Å². The Kier molecular flexibility index (Phi) is 5.54. The maximum absolute atomic E-state index is 12.6. The fourth-order valence-electron chi connectivity index (χ4n) is 3.21. The Morgan fingerprint density at radius 2 is 1.60 bits per heavy atom. The Labute approximate surface area is 149 Å². The molecule has 2 aromatic carbocycles. The topological polar surface area (TPSA) is 37.8 Å². The Morgan fingerprint density at radius 1 is 0.880 bits per heavy atom. The van der Waals surface area contributed by atoms with Gasteiger partial charge in [0.25, 0.3) is 0 Å². The van der Waals surface area contributed by atoms with Crippen LogP contribution in [-0.4, -0.2) is 9.55 Å². The number of nitrogens with zero attached hydrogens (tertiary/aromatic N) is 1. The molecular formula is C22H26N2O. The summed E-state index contributed by atoms with van der Waals surface area (Å²) in [6.07, 6.45) is 4.59. The zero-order valence-corrected chi connectivity index (χ0v) is 15.1. The van der Waals surface area contributed by atoms with E-state index in [1.807, 2.05) is 34.9 Å². The standard InChI is InChI=1S/C22H26N2O/c1-3-4-5-9-16-24-21(19-14-12-17(2)13-15-19)20(23-22(24)25)18-10-7-6-8-11-18/h6-8,10-15H,3-5,9,16H2,1-2H3,(H,23,25). The van der Waals surface area contributed by atoms with Crippen LogP contribution in [-0.2, 0) is 6.54 Å². The molecule has 25 heavy (non-hydrogen) atoms. The number of unbranched alkanes of at least 4 members (excludes halogenated alkanes) is 3. The number of aromatic amines is 1. The van der Waals surface area contributed by atoms with Crippen LogP contribution in [0.15, 0.2) is 59.4 Å². The summed E-state index contributed by atoms with van der Waals surface area (Å²) in [4.78, 5) is 15.7. The largest absolute Gasteiger partial charge is 0.326 e. The molecule has 0 bridgehead atoms. The van der Waals surface area contributed by atoms with Crippen molar-refractivity contribution in [2.24, 2.45) is 0 Å². The second-order valence-corrected chi connectivity index (χ2v) is 6.60. The van der Waals surface area contributed by atoms with E-state index in [2.05, 4.69) is 43.1 Å². The van der Waals surface area contributed by atoms with Crippen LogP contribution in [0.25, 0.3) is 22.5 Å². The third-order valence-corrected chi connectivity index (χ3v) is 4.61. The monoisotopic (exact) mass is 334 g/mol. The lowest BCUT2D eigenvalue weighted by Gasteiger charge is -2.10. The van der Waals surface area contributed by atoms with E-state index >= 15 is 0 Å². The normalized spacial score (nSPS) is 11.0. The molecule has 0 radical (unpaired) electrons. The van der Waals surface area contributed by atoms with Crippen LogP contribution in [0.2, 0.25) is 0 Å². The van der Waals surface area contributed by atoms with Crippen LogP contribution in [0.3, 0.4) is 0 Å². The van der Waals surface area contributed by atoms with E-state index in [1.165, 1.54) is 18.4 Å². The fourth-order valence-corrected chi connectivity index (χ4v) is 3.21. The van der Waals surface area contributed by atoms with Crippen molar-refractivity contribution in [2.75, 3.05) is 0 Å². The number of hydrogen-bond donors (Lipinski definition) is 1. The molecule has 3 rings (SSSR count). The first kappa shape index (κ1) is 17.3. The summed E-state index contributed by atoms with van der Waals surface area (Å²) >= 11 is 0. The van der Waals surface area contributed by atoms with E-state index in [9.17, 15) is 4.79 Å². The average Bonchev–Trinajstić information content (AvgIpc) is 2.97. The number of hydrogen-bond acceptors (Lipinski definition) is 1. The quantitative estimate of drug-likeness (QED) is 0.577. The molecule has 3 heteroatoms. The molecule has 0 aliphatic rings. The lowest BCUT2D eigenvalue weighted by Crippen LogP contribution is -2.17. The van der Waals surface area contributed by atoms with Crippen LogP contribution >= 0.6 is 0 Å². The third-order valence-electron chi connectivity index (χ3n) is 4.61. The number of aryl methyl sites for hydroxylation is 1. The first-order valence-electron chi connectivity index (χ1n) is 9.16. The first-order chi connectivity index (χ1) is 12.2. The molecule has 0 fully saturated rings. The number of nitrogens with one attached hydrogen (secondary N) is 1. The van der Waals surface area contributed by atoms with Gasteiger partial charge in [0.1, 0.15) is 0 Å². The summed E-state index contributed by atoms with van der Waals surface area (Å²) < 4.78 is 1.91. The molecule has 0 unspecified atom stereocenters. The summed E-state index contributed by atoms with van der Waals surface area (Å²) in [7, 11) is 0. The second kappa shape index (κ2) is 8.02. The average molecular weight is 334 g/mol. The summed E-state index contributed by atoms with van der Waals surface area (Å²) in [5.74, 6) is 0. The Balaban J connectivity index is 2.06. The van der Waals surface area contributed by atoms with Gasteiger partial charge in [0.15, 0.2) is 0 Å². The number of imidazole rings is 1. The van der Waals surface area contributed by atoms with Gasteiger partial charge in [-0.05, 0) is 13.3 Å². The molecule has 0 aliphatic carbocycles. The van der Waals surface area contributed by atoms with Crippen LogP contribution in [0.5, 0.6) is 0 Å². The van der Waals surface area contributed by atoms with E-state index in [-0.39, 0.29) is 5.69 Å². The number of benzene rings is 2. The van der Waals surface area contributed by atoms with Crippen molar-refractivity contribution < 1.29 is 0 Å². The molecule has 130 valence electrons. The summed E-state index contributed by atoms with van der Waals surface area (Å²) in [5.41, 5.74) is 5.22. The van der Waals surface area contributed by atoms with Gasteiger partial charge in [-0.2, -0.15) is 0 Å². The molecule has 1 aromatic heterocycles. The van der Waals surface area contributed by atoms with Crippen molar-refractivity contribution in [1.29, 1.82) is 0 Å². The fraction of sp³-hybridized carbons (Fsp3) is 0.318. The van der Waals surface area contributed by atoms with Gasteiger partial charge in [-0.3, -0.25) is 4.57 Å². The van der Waals surface area contributed by atoms with Crippen molar-refractivity contribution in [2.45, 2.75) is 46.1 Å². The van der Waals surface area contributed by atoms with E-state index in [4.69, 9.17) is 0 Å². The van der Waals surface area contributed by atoms with Gasteiger partial charge in [-0.15, -0.1) is 0 Å². The second-order valence-electron chi connectivity index (χ2n) is 6.60. The van der Waals surface area contributed by atoms with Crippen LogP contribution in [0.4, 0.5) is 0 Å². The van der Waals surface area contributed by atoms with Crippen molar-refractivity contribution in [3.63, 3.8) is 0 Å². The molecule has 0 amide bonds. The molecule has 0 saturated heterocycles. The van der Waals surface area contributed by atoms with Crippen molar-refractivity contribution in [1.82, 2.24) is 9.55 Å². The molecule has 0 spiro atoms. The maximum Gasteiger partial charge on any atom is 0.326 e. The molecule has 3 nitrogen and oxygen atoms in total. The summed E-state index contributed by atoms with van der Waals surface area (Å²) in [6, 6.07) is 18.5. The minimum absolute atomic E-state index is 0.0223. The SMILES string of the molecule is CCCCCCn1c(-c2ccc(C)cc2)c(-c2ccccc2)[nH]c1=O. The van der Waals surface area contributed by atoms with E-state index in [0.29, 0.717) is 0 Å². The molecule has 1 heterocycles. The van der Waals surface area contributed by atoms with Crippen LogP contribution < -0.4 is 5.69 Å². The van der Waals surface area contributed by atoms with Crippen molar-refractivity contribution in [3.05, 3.63) is 70.6 Å². The van der Waals surface area contributed by atoms with Crippen molar-refractivity contribution in [3.8, 4) is 22.5 Å². The highest BCUT2D eigenvalue weighted by Gasteiger charge is 2.17. The number of aromatic nitrogens is 2. The van der Waals surface area contributed by atoms with Gasteiger partial charge in [0, 0.05) is 17.7 Å². The van der Waals surface area contributed by atoms with Gasteiger partial charge in [-0.25, -0.2) is 4.79 Å². The smallest absolute Gasteiger partial charge is 0.305 e. The summed E-state index contributed by atoms with van der Waals surface area (Å²) in [5, 5.41) is 0. The minimum Gasteiger partial charge on any atom is -0.305 e. The zero-order chi connectivity index (χ0) is 17.6. The predicted molar refractivity (Wildman–Crippen MR) is 105 cm³/mol. The van der Waals surface area contributed by atoms with Gasteiger partial charge < -0.3 is 4.98 Å². The van der Waals surface area contributed by atoms with Gasteiger partial charge in [-0.1, -0.05) is 86.3 Å². The van der Waals surface area contributed by atoms with E-state index in [0.717, 1.165) is 41.9 Å². The van der Waals surface area contributed by atoms with Crippen LogP contribution in [0, 0.1) is 6.92 Å². The van der Waals surface area contributed by atoms with Gasteiger partial charge in [0.05, 0.1) is 11.4 Å². The van der Waals surface area contributed by atoms with E-state index < -0.39 is 0 Å². The lowest BCUT2D eigenvalue weighted by molar-refractivity contribution is 0.575. The van der Waals surface area contributed by atoms with Crippen molar-refractivity contribution >= 4 is 0 Å². The Morgan fingerprint density at radius 3 is 2.28 bits per heavy atom. The molecule has 3 aromatic rings. The van der Waals surface area contributed by atoms with Gasteiger partial charge >= 0.3 is 5.69 Å². The third kappa shape index (κ3) is 3.93. The molecule has 0 aliphatic heterocycles. The lowest BCUT2D eigenvalue weighted by atomic mass is 10.0. The molecule has 0 atom stereocenters. The first-order valence-corrected chi connectivity index (χ1v) is 9.16. The van der Waals surface area contributed by atoms with E-state index in [1.54, 1.807) is 0 Å². The molecular weight excluding hydrogens is 308 g/mol. The number of H-pyrrole nitrogens is 1. The van der Waals surface area contributed by atoms with Crippen LogP contribution in [0.1, 0.15) is 38.2 Å². The highest BCUT2D eigenvalue weighted by atomic mass is 16.1. The highest BCUT2D eigenvalue weighted by molar-refractivity contribution is 5.78. The molecule has 1 N–H and O–H groups in total. The Bertz CT molecular complexity index is 857. The minimum atomic E-state index is -0.0223. The zero-order valence-electron chi connectivity index (χ0n) is 15.1. The maximum atomic E-state index is 12.6. The number of rotatable bonds is 7. The Hall–Kier alpha value is -2.55. The molecule has 0 saturated carbocycles. The highest BCUT2D eigenvalue weighted by Crippen LogP contribution is 2.30. The predicted octanol–water partition coefficient (Wildman–Crippen LogP) is 5.40. The summed E-state index contributed by atoms with van der Waals surface area (Å²) in [6.45, 7) is 5.04.